The van der Waals surface area contributed by atoms with E-state index in [4.69, 9.17) is 4.74 Å². The van der Waals surface area contributed by atoms with Crippen LogP contribution in [0.5, 0.6) is 5.75 Å². The summed E-state index contributed by atoms with van der Waals surface area (Å²) >= 11 is 0. The van der Waals surface area contributed by atoms with E-state index in [2.05, 4.69) is 5.32 Å². The Balaban J connectivity index is 2.03. The summed E-state index contributed by atoms with van der Waals surface area (Å²) < 4.78 is 5.18. The van der Waals surface area contributed by atoms with Gasteiger partial charge in [-0.25, -0.2) is 0 Å². The first kappa shape index (κ1) is 15.9. The van der Waals surface area contributed by atoms with Gasteiger partial charge in [0.25, 0.3) is 0 Å². The lowest BCUT2D eigenvalue weighted by molar-refractivity contribution is -0.116. The molecule has 0 bridgehead atoms. The summed E-state index contributed by atoms with van der Waals surface area (Å²) in [4.78, 5) is 14.2. The van der Waals surface area contributed by atoms with Crippen molar-refractivity contribution in [1.29, 1.82) is 0 Å². The summed E-state index contributed by atoms with van der Waals surface area (Å²) in [6.07, 6.45) is 0. The van der Waals surface area contributed by atoms with Crippen molar-refractivity contribution in [3.8, 4) is 5.75 Å². The fraction of sp³-hybridized carbons (Fsp3) is 0.278. The smallest absolute Gasteiger partial charge is 0.246 e. The summed E-state index contributed by atoms with van der Waals surface area (Å²) in [7, 11) is 1.63. The van der Waals surface area contributed by atoms with E-state index in [0.717, 1.165) is 22.7 Å². The van der Waals surface area contributed by atoms with Gasteiger partial charge in [0.05, 0.1) is 13.7 Å². The van der Waals surface area contributed by atoms with E-state index in [1.54, 1.807) is 12.0 Å². The highest BCUT2D eigenvalue weighted by Gasteiger charge is 2.13. The lowest BCUT2D eigenvalue weighted by atomic mass is 10.2. The van der Waals surface area contributed by atoms with E-state index >= 15 is 0 Å². The number of methoxy groups -OCH3 is 1. The molecular formula is C18H22N2O2. The van der Waals surface area contributed by atoms with Gasteiger partial charge in [0.2, 0.25) is 5.91 Å². The Hall–Kier alpha value is -2.49. The number of likely N-dealkylation sites (N-methyl/N-ethyl adjacent to an activating group) is 1. The van der Waals surface area contributed by atoms with Crippen LogP contribution >= 0.6 is 0 Å². The summed E-state index contributed by atoms with van der Waals surface area (Å²) in [6, 6.07) is 15.5. The van der Waals surface area contributed by atoms with Crippen LogP contribution in [0.25, 0.3) is 0 Å². The summed E-state index contributed by atoms with van der Waals surface area (Å²) in [6.45, 7) is 4.89. The third kappa shape index (κ3) is 4.01. The lowest BCUT2D eigenvalue weighted by Gasteiger charge is -2.22. The number of carbonyl (C=O) groups is 1. The maximum Gasteiger partial charge on any atom is 0.246 e. The third-order valence-electron chi connectivity index (χ3n) is 3.44. The van der Waals surface area contributed by atoms with E-state index in [1.165, 1.54) is 0 Å². The molecule has 2 rings (SSSR count). The summed E-state index contributed by atoms with van der Waals surface area (Å²) in [5.41, 5.74) is 2.94. The number of rotatable bonds is 6. The Morgan fingerprint density at radius 3 is 2.64 bits per heavy atom. The maximum atomic E-state index is 12.4. The topological polar surface area (TPSA) is 41.6 Å². The fourth-order valence-corrected chi connectivity index (χ4v) is 2.30. The molecule has 0 saturated carbocycles. The molecule has 0 radical (unpaired) electrons. The van der Waals surface area contributed by atoms with Crippen LogP contribution in [0.2, 0.25) is 0 Å². The summed E-state index contributed by atoms with van der Waals surface area (Å²) in [5, 5.41) is 3.15. The average molecular weight is 298 g/mol. The molecule has 0 heterocycles. The van der Waals surface area contributed by atoms with Gasteiger partial charge in [0.15, 0.2) is 0 Å². The predicted octanol–water partition coefficient (Wildman–Crippen LogP) is 3.47. The van der Waals surface area contributed by atoms with E-state index in [0.29, 0.717) is 6.54 Å². The van der Waals surface area contributed by atoms with Crippen molar-refractivity contribution in [1.82, 2.24) is 0 Å². The quantitative estimate of drug-likeness (QED) is 0.888. The Bertz CT molecular complexity index is 640. The molecule has 4 heteroatoms. The molecule has 0 aliphatic rings. The molecule has 0 aliphatic heterocycles. The molecule has 0 aromatic heterocycles. The molecule has 1 amide bonds. The first-order valence-electron chi connectivity index (χ1n) is 7.39. The van der Waals surface area contributed by atoms with E-state index in [-0.39, 0.29) is 12.5 Å². The number of anilines is 2. The van der Waals surface area contributed by atoms with Crippen molar-refractivity contribution in [3.05, 3.63) is 54.1 Å². The highest BCUT2D eigenvalue weighted by Crippen LogP contribution is 2.18. The van der Waals surface area contributed by atoms with Gasteiger partial charge in [-0.1, -0.05) is 18.2 Å². The monoisotopic (exact) mass is 298 g/mol. The number of amides is 1. The second-order valence-corrected chi connectivity index (χ2v) is 5.06. The minimum absolute atomic E-state index is 0.0379. The number of nitrogens with one attached hydrogen (secondary N) is 1. The molecule has 2 aromatic carbocycles. The van der Waals surface area contributed by atoms with E-state index in [9.17, 15) is 4.79 Å². The molecule has 0 atom stereocenters. The number of hydrogen-bond donors (Lipinski definition) is 1. The molecule has 0 aliphatic carbocycles. The normalized spacial score (nSPS) is 10.1. The van der Waals surface area contributed by atoms with Crippen LogP contribution < -0.4 is 15.0 Å². The molecular weight excluding hydrogens is 276 g/mol. The number of ether oxygens (including phenoxy) is 1. The van der Waals surface area contributed by atoms with Crippen LogP contribution in [-0.4, -0.2) is 26.1 Å². The van der Waals surface area contributed by atoms with Crippen LogP contribution in [0, 0.1) is 6.92 Å². The standard InChI is InChI=1S/C18H22N2O2/c1-4-20(16-9-5-7-14(2)11-16)18(21)13-19-15-8-6-10-17(12-15)22-3/h5-12,19H,4,13H2,1-3H3. The lowest BCUT2D eigenvalue weighted by Crippen LogP contribution is -2.35. The molecule has 1 N–H and O–H groups in total. The van der Waals surface area contributed by atoms with Gasteiger partial charge in [-0.15, -0.1) is 0 Å². The average Bonchev–Trinajstić information content (AvgIpc) is 2.54. The highest BCUT2D eigenvalue weighted by atomic mass is 16.5. The number of nitrogens with zero attached hydrogens (tertiary/aromatic N) is 1. The molecule has 22 heavy (non-hydrogen) atoms. The highest BCUT2D eigenvalue weighted by molar-refractivity contribution is 5.96. The first-order chi connectivity index (χ1) is 10.6. The van der Waals surface area contributed by atoms with Gasteiger partial charge in [-0.05, 0) is 43.7 Å². The second kappa shape index (κ2) is 7.50. The molecule has 0 unspecified atom stereocenters. The Morgan fingerprint density at radius 1 is 1.18 bits per heavy atom. The number of hydrogen-bond acceptors (Lipinski definition) is 3. The maximum absolute atomic E-state index is 12.4. The zero-order valence-electron chi connectivity index (χ0n) is 13.3. The first-order valence-corrected chi connectivity index (χ1v) is 7.39. The van der Waals surface area contributed by atoms with Crippen molar-refractivity contribution in [3.63, 3.8) is 0 Å². The number of aryl methyl sites for hydroxylation is 1. The SMILES string of the molecule is CCN(C(=O)CNc1cccc(OC)c1)c1cccc(C)c1. The minimum atomic E-state index is 0.0379. The van der Waals surface area contributed by atoms with Gasteiger partial charge >= 0.3 is 0 Å². The van der Waals surface area contributed by atoms with Crippen LogP contribution in [0.15, 0.2) is 48.5 Å². The summed E-state index contributed by atoms with van der Waals surface area (Å²) in [5.74, 6) is 0.805. The molecule has 0 saturated heterocycles. The Labute approximate surface area is 131 Å². The van der Waals surface area contributed by atoms with Gasteiger partial charge in [0.1, 0.15) is 5.75 Å². The number of carbonyl (C=O) groups excluding carboxylic acids is 1. The van der Waals surface area contributed by atoms with Crippen LogP contribution in [0.1, 0.15) is 12.5 Å². The van der Waals surface area contributed by atoms with Gasteiger partial charge in [0, 0.05) is 24.0 Å². The fourth-order valence-electron chi connectivity index (χ4n) is 2.30. The Morgan fingerprint density at radius 2 is 1.95 bits per heavy atom. The van der Waals surface area contributed by atoms with Crippen molar-refractivity contribution in [2.24, 2.45) is 0 Å². The largest absolute Gasteiger partial charge is 0.497 e. The van der Waals surface area contributed by atoms with Crippen LogP contribution in [0.4, 0.5) is 11.4 Å². The third-order valence-corrected chi connectivity index (χ3v) is 3.44. The van der Waals surface area contributed by atoms with Crippen molar-refractivity contribution < 1.29 is 9.53 Å². The second-order valence-electron chi connectivity index (χ2n) is 5.06. The molecule has 2 aromatic rings. The number of benzene rings is 2. The van der Waals surface area contributed by atoms with Gasteiger partial charge < -0.3 is 15.0 Å². The Kier molecular flexibility index (Phi) is 5.42. The molecule has 0 fully saturated rings. The molecule has 4 nitrogen and oxygen atoms in total. The van der Waals surface area contributed by atoms with Gasteiger partial charge in [-0.3, -0.25) is 4.79 Å². The zero-order chi connectivity index (χ0) is 15.9. The van der Waals surface area contributed by atoms with E-state index in [1.807, 2.05) is 62.4 Å². The molecule has 0 spiro atoms. The molecule has 116 valence electrons. The van der Waals surface area contributed by atoms with Crippen molar-refractivity contribution in [2.45, 2.75) is 13.8 Å². The van der Waals surface area contributed by atoms with Crippen LogP contribution in [0.3, 0.4) is 0 Å². The minimum Gasteiger partial charge on any atom is -0.497 e. The van der Waals surface area contributed by atoms with E-state index < -0.39 is 0 Å². The van der Waals surface area contributed by atoms with Crippen molar-refractivity contribution >= 4 is 17.3 Å². The van der Waals surface area contributed by atoms with Crippen LogP contribution in [-0.2, 0) is 4.79 Å². The predicted molar refractivity (Wildman–Crippen MR) is 90.7 cm³/mol. The van der Waals surface area contributed by atoms with Gasteiger partial charge in [-0.2, -0.15) is 0 Å². The van der Waals surface area contributed by atoms with Crippen molar-refractivity contribution in [2.75, 3.05) is 30.4 Å². The zero-order valence-corrected chi connectivity index (χ0v) is 13.3.